The number of esters is 3. The fourth-order valence-corrected chi connectivity index (χ4v) is 1.11. The van der Waals surface area contributed by atoms with E-state index in [1.165, 1.54) is 0 Å². The summed E-state index contributed by atoms with van der Waals surface area (Å²) in [6.07, 6.45) is 0. The van der Waals surface area contributed by atoms with Crippen LogP contribution in [-0.4, -0.2) is 50.3 Å². The van der Waals surface area contributed by atoms with E-state index < -0.39 is 23.9 Å². The fraction of sp³-hybridized carbons (Fsp3) is 0.727. The van der Waals surface area contributed by atoms with Crippen molar-refractivity contribution in [2.75, 3.05) is 26.4 Å². The van der Waals surface area contributed by atoms with Gasteiger partial charge in [0, 0.05) is 0 Å². The minimum Gasteiger partial charge on any atom is -0.465 e. The topological polar surface area (TPSA) is 90.9 Å². The zero-order valence-electron chi connectivity index (χ0n) is 10.9. The van der Waals surface area contributed by atoms with Crippen molar-refractivity contribution in [3.05, 3.63) is 0 Å². The summed E-state index contributed by atoms with van der Waals surface area (Å²) in [6, 6.07) is -1.31. The standard InChI is InChI=1S/C11H19NO6/c1-4-16-8(13)7-12-9(10(14)17-5-2)11(15)18-6-3/h9,12H,4-7H2,1-3H3. The second kappa shape index (κ2) is 9.41. The average molecular weight is 261 g/mol. The van der Waals surface area contributed by atoms with Gasteiger partial charge < -0.3 is 14.2 Å². The van der Waals surface area contributed by atoms with Crippen LogP contribution >= 0.6 is 0 Å². The lowest BCUT2D eigenvalue weighted by Gasteiger charge is -2.15. The number of carbonyl (C=O) groups excluding carboxylic acids is 3. The molecule has 18 heavy (non-hydrogen) atoms. The van der Waals surface area contributed by atoms with Crippen molar-refractivity contribution in [2.45, 2.75) is 26.8 Å². The highest BCUT2D eigenvalue weighted by molar-refractivity contribution is 5.99. The predicted molar refractivity (Wildman–Crippen MR) is 61.7 cm³/mol. The van der Waals surface area contributed by atoms with Crippen LogP contribution in [0.3, 0.4) is 0 Å². The average Bonchev–Trinajstić information content (AvgIpc) is 2.30. The molecule has 0 aromatic carbocycles. The normalized spacial score (nSPS) is 10.0. The van der Waals surface area contributed by atoms with Crippen LogP contribution in [-0.2, 0) is 28.6 Å². The molecule has 0 aliphatic heterocycles. The van der Waals surface area contributed by atoms with Gasteiger partial charge in [0.2, 0.25) is 6.04 Å². The molecule has 0 spiro atoms. The minimum atomic E-state index is -1.31. The minimum absolute atomic E-state index is 0.135. The molecule has 0 aromatic rings. The van der Waals surface area contributed by atoms with Crippen LogP contribution in [0.1, 0.15) is 20.8 Å². The molecule has 0 unspecified atom stereocenters. The molecule has 0 atom stereocenters. The Kier molecular flexibility index (Phi) is 8.55. The van der Waals surface area contributed by atoms with Gasteiger partial charge >= 0.3 is 17.9 Å². The lowest BCUT2D eigenvalue weighted by atomic mass is 10.3. The zero-order chi connectivity index (χ0) is 14.0. The smallest absolute Gasteiger partial charge is 0.334 e. The third kappa shape index (κ3) is 6.19. The van der Waals surface area contributed by atoms with Gasteiger partial charge in [-0.15, -0.1) is 0 Å². The van der Waals surface area contributed by atoms with Crippen LogP contribution in [0.5, 0.6) is 0 Å². The molecule has 7 heteroatoms. The first-order chi connectivity index (χ1) is 8.56. The van der Waals surface area contributed by atoms with Gasteiger partial charge in [-0.25, -0.2) is 9.59 Å². The summed E-state index contributed by atoms with van der Waals surface area (Å²) in [5, 5.41) is 2.45. The summed E-state index contributed by atoms with van der Waals surface area (Å²) in [6.45, 7) is 5.12. The molecular weight excluding hydrogens is 242 g/mol. The Hall–Kier alpha value is -1.63. The molecule has 0 bridgehead atoms. The molecule has 104 valence electrons. The van der Waals surface area contributed by atoms with Crippen LogP contribution < -0.4 is 5.32 Å². The maximum atomic E-state index is 11.5. The number of carbonyl (C=O) groups is 3. The van der Waals surface area contributed by atoms with Gasteiger partial charge in [0.1, 0.15) is 0 Å². The van der Waals surface area contributed by atoms with Crippen LogP contribution in [0.15, 0.2) is 0 Å². The predicted octanol–water partition coefficient (Wildman–Crippen LogP) is -0.366. The molecule has 0 aliphatic rings. The number of hydrogen-bond acceptors (Lipinski definition) is 7. The molecule has 0 saturated carbocycles. The van der Waals surface area contributed by atoms with E-state index in [0.29, 0.717) is 0 Å². The van der Waals surface area contributed by atoms with E-state index in [-0.39, 0.29) is 26.4 Å². The molecule has 1 N–H and O–H groups in total. The van der Waals surface area contributed by atoms with Crippen molar-refractivity contribution in [1.29, 1.82) is 0 Å². The third-order valence-electron chi connectivity index (χ3n) is 1.80. The molecule has 0 heterocycles. The van der Waals surface area contributed by atoms with Crippen molar-refractivity contribution in [1.82, 2.24) is 5.32 Å². The largest absolute Gasteiger partial charge is 0.465 e. The zero-order valence-corrected chi connectivity index (χ0v) is 10.9. The number of ether oxygens (including phenoxy) is 3. The number of hydrogen-bond donors (Lipinski definition) is 1. The second-order valence-corrected chi connectivity index (χ2v) is 3.12. The van der Waals surface area contributed by atoms with E-state index in [0.717, 1.165) is 0 Å². The summed E-state index contributed by atoms with van der Waals surface area (Å²) < 4.78 is 14.1. The number of rotatable bonds is 8. The molecular formula is C11H19NO6. The van der Waals surface area contributed by atoms with Gasteiger partial charge in [-0.05, 0) is 20.8 Å². The van der Waals surface area contributed by atoms with Gasteiger partial charge in [0.15, 0.2) is 0 Å². The van der Waals surface area contributed by atoms with E-state index in [9.17, 15) is 14.4 Å². The highest BCUT2D eigenvalue weighted by Crippen LogP contribution is 1.94. The first-order valence-electron chi connectivity index (χ1n) is 5.79. The summed E-state index contributed by atoms with van der Waals surface area (Å²) in [5.41, 5.74) is 0. The van der Waals surface area contributed by atoms with E-state index in [1.54, 1.807) is 20.8 Å². The molecule has 0 radical (unpaired) electrons. The van der Waals surface area contributed by atoms with E-state index in [1.807, 2.05) is 0 Å². The van der Waals surface area contributed by atoms with E-state index in [4.69, 9.17) is 9.47 Å². The molecule has 7 nitrogen and oxygen atoms in total. The SMILES string of the molecule is CCOC(=O)CNC(C(=O)OCC)C(=O)OCC. The Labute approximate surface area is 106 Å². The van der Waals surface area contributed by atoms with Crippen molar-refractivity contribution in [3.63, 3.8) is 0 Å². The Morgan fingerprint density at radius 3 is 1.72 bits per heavy atom. The van der Waals surface area contributed by atoms with Gasteiger partial charge in [-0.2, -0.15) is 0 Å². The van der Waals surface area contributed by atoms with Crippen LogP contribution in [0.25, 0.3) is 0 Å². The second-order valence-electron chi connectivity index (χ2n) is 3.12. The molecule has 0 rings (SSSR count). The third-order valence-corrected chi connectivity index (χ3v) is 1.80. The van der Waals surface area contributed by atoms with Crippen molar-refractivity contribution < 1.29 is 28.6 Å². The van der Waals surface area contributed by atoms with Gasteiger partial charge in [-0.3, -0.25) is 10.1 Å². The lowest BCUT2D eigenvalue weighted by Crippen LogP contribution is -2.47. The fourth-order valence-electron chi connectivity index (χ4n) is 1.11. The highest BCUT2D eigenvalue weighted by atomic mass is 16.6. The molecule has 0 saturated heterocycles. The van der Waals surface area contributed by atoms with Gasteiger partial charge in [0.05, 0.1) is 26.4 Å². The number of nitrogens with one attached hydrogen (secondary N) is 1. The molecule has 0 fully saturated rings. The van der Waals surface area contributed by atoms with Crippen LogP contribution in [0.2, 0.25) is 0 Å². The highest BCUT2D eigenvalue weighted by Gasteiger charge is 2.29. The Balaban J connectivity index is 4.42. The first kappa shape index (κ1) is 16.4. The molecule has 0 amide bonds. The van der Waals surface area contributed by atoms with Crippen molar-refractivity contribution >= 4 is 17.9 Å². The Morgan fingerprint density at radius 1 is 0.889 bits per heavy atom. The molecule has 0 aromatic heterocycles. The van der Waals surface area contributed by atoms with Crippen molar-refractivity contribution in [3.8, 4) is 0 Å². The maximum Gasteiger partial charge on any atom is 0.334 e. The van der Waals surface area contributed by atoms with Gasteiger partial charge in [0.25, 0.3) is 0 Å². The lowest BCUT2D eigenvalue weighted by molar-refractivity contribution is -0.158. The maximum absolute atomic E-state index is 11.5. The summed E-state index contributed by atoms with van der Waals surface area (Å²) in [4.78, 5) is 34.1. The van der Waals surface area contributed by atoms with Crippen LogP contribution in [0.4, 0.5) is 0 Å². The van der Waals surface area contributed by atoms with Gasteiger partial charge in [-0.1, -0.05) is 0 Å². The summed E-state index contributed by atoms with van der Waals surface area (Å²) in [5.74, 6) is -2.11. The van der Waals surface area contributed by atoms with Crippen molar-refractivity contribution in [2.24, 2.45) is 0 Å². The Bertz CT molecular complexity index is 273. The summed E-state index contributed by atoms with van der Waals surface area (Å²) in [7, 11) is 0. The van der Waals surface area contributed by atoms with E-state index in [2.05, 4.69) is 10.1 Å². The van der Waals surface area contributed by atoms with E-state index >= 15 is 0 Å². The Morgan fingerprint density at radius 2 is 1.33 bits per heavy atom. The molecule has 0 aliphatic carbocycles. The monoisotopic (exact) mass is 261 g/mol. The summed E-state index contributed by atoms with van der Waals surface area (Å²) >= 11 is 0. The first-order valence-corrected chi connectivity index (χ1v) is 5.79. The van der Waals surface area contributed by atoms with Crippen LogP contribution in [0, 0.1) is 0 Å². The quantitative estimate of drug-likeness (QED) is 0.362.